The molecule has 1 aromatic carbocycles. The molecule has 2 aromatic rings. The molecular formula is C13H12BrN3O3S. The molecule has 0 saturated carbocycles. The number of aromatic nitrogens is 1. The summed E-state index contributed by atoms with van der Waals surface area (Å²) in [5, 5.41) is 2.63. The minimum absolute atomic E-state index is 0.00194. The summed E-state index contributed by atoms with van der Waals surface area (Å²) < 4.78 is 23.6. The van der Waals surface area contributed by atoms with Crippen molar-refractivity contribution in [2.24, 2.45) is 0 Å². The van der Waals surface area contributed by atoms with Crippen LogP contribution < -0.4 is 11.1 Å². The zero-order valence-corrected chi connectivity index (χ0v) is 13.4. The molecule has 0 fully saturated rings. The second kappa shape index (κ2) is 5.82. The van der Waals surface area contributed by atoms with E-state index in [4.69, 9.17) is 5.73 Å². The van der Waals surface area contributed by atoms with Crippen LogP contribution in [0.4, 0.5) is 11.4 Å². The number of nitrogens with zero attached hydrogens (tertiary/aromatic N) is 1. The second-order valence-corrected chi connectivity index (χ2v) is 7.13. The summed E-state index contributed by atoms with van der Waals surface area (Å²) in [6.45, 7) is 0. The Morgan fingerprint density at radius 1 is 1.33 bits per heavy atom. The topological polar surface area (TPSA) is 102 Å². The Morgan fingerprint density at radius 3 is 2.67 bits per heavy atom. The molecule has 1 heterocycles. The zero-order valence-electron chi connectivity index (χ0n) is 11.0. The summed E-state index contributed by atoms with van der Waals surface area (Å²) in [4.78, 5) is 16.2. The molecule has 110 valence electrons. The van der Waals surface area contributed by atoms with E-state index in [1.54, 1.807) is 18.3 Å². The van der Waals surface area contributed by atoms with Gasteiger partial charge in [0.15, 0.2) is 9.84 Å². The van der Waals surface area contributed by atoms with E-state index in [9.17, 15) is 13.2 Å². The van der Waals surface area contributed by atoms with Crippen LogP contribution in [-0.4, -0.2) is 25.6 Å². The molecule has 3 N–H and O–H groups in total. The highest BCUT2D eigenvalue weighted by molar-refractivity contribution is 9.10. The first-order valence-electron chi connectivity index (χ1n) is 5.80. The molecule has 0 aliphatic heterocycles. The molecule has 2 rings (SSSR count). The van der Waals surface area contributed by atoms with Crippen LogP contribution in [0.1, 0.15) is 10.4 Å². The van der Waals surface area contributed by atoms with Crippen LogP contribution >= 0.6 is 15.9 Å². The number of hydrogen-bond acceptors (Lipinski definition) is 5. The van der Waals surface area contributed by atoms with Gasteiger partial charge in [0.25, 0.3) is 5.91 Å². The molecule has 0 spiro atoms. The van der Waals surface area contributed by atoms with Gasteiger partial charge >= 0.3 is 0 Å². The van der Waals surface area contributed by atoms with Crippen LogP contribution in [-0.2, 0) is 9.84 Å². The SMILES string of the molecule is CS(=O)(=O)c1cc(N)cc(C(=O)Nc2cccnc2Br)c1. The Balaban J connectivity index is 2.36. The summed E-state index contributed by atoms with van der Waals surface area (Å²) >= 11 is 3.21. The maximum atomic E-state index is 12.2. The molecule has 21 heavy (non-hydrogen) atoms. The van der Waals surface area contributed by atoms with Crippen molar-refractivity contribution >= 4 is 43.0 Å². The highest BCUT2D eigenvalue weighted by atomic mass is 79.9. The predicted molar refractivity (Wildman–Crippen MR) is 83.9 cm³/mol. The van der Waals surface area contributed by atoms with Crippen LogP contribution in [0.25, 0.3) is 0 Å². The average Bonchev–Trinajstić information content (AvgIpc) is 2.39. The monoisotopic (exact) mass is 369 g/mol. The van der Waals surface area contributed by atoms with Crippen molar-refractivity contribution in [3.63, 3.8) is 0 Å². The van der Waals surface area contributed by atoms with E-state index >= 15 is 0 Å². The van der Waals surface area contributed by atoms with Crippen LogP contribution in [0.5, 0.6) is 0 Å². The Bertz CT molecular complexity index is 806. The van der Waals surface area contributed by atoms with E-state index in [1.807, 2.05) is 0 Å². The van der Waals surface area contributed by atoms with Gasteiger partial charge in [-0.1, -0.05) is 0 Å². The number of benzene rings is 1. The lowest BCUT2D eigenvalue weighted by Crippen LogP contribution is -2.14. The molecule has 0 aliphatic carbocycles. The van der Waals surface area contributed by atoms with Crippen LogP contribution in [0.3, 0.4) is 0 Å². The number of rotatable bonds is 3. The quantitative estimate of drug-likeness (QED) is 0.636. The fourth-order valence-electron chi connectivity index (χ4n) is 1.64. The van der Waals surface area contributed by atoms with Crippen molar-refractivity contribution in [3.8, 4) is 0 Å². The molecule has 0 radical (unpaired) electrons. The van der Waals surface area contributed by atoms with Crippen LogP contribution in [0, 0.1) is 0 Å². The fraction of sp³-hybridized carbons (Fsp3) is 0.0769. The molecule has 1 amide bonds. The Labute approximate surface area is 130 Å². The predicted octanol–water partition coefficient (Wildman–Crippen LogP) is 2.08. The van der Waals surface area contributed by atoms with Crippen molar-refractivity contribution in [1.82, 2.24) is 4.98 Å². The summed E-state index contributed by atoms with van der Waals surface area (Å²) in [7, 11) is -3.44. The van der Waals surface area contributed by atoms with Crippen LogP contribution in [0.15, 0.2) is 46.0 Å². The molecule has 8 heteroatoms. The summed E-state index contributed by atoms with van der Waals surface area (Å²) in [5.74, 6) is -0.471. The van der Waals surface area contributed by atoms with Crippen molar-refractivity contribution in [3.05, 3.63) is 46.7 Å². The van der Waals surface area contributed by atoms with Gasteiger partial charge in [-0.3, -0.25) is 4.79 Å². The van der Waals surface area contributed by atoms with Crippen molar-refractivity contribution < 1.29 is 13.2 Å². The number of nitrogen functional groups attached to an aromatic ring is 1. The normalized spacial score (nSPS) is 11.1. The minimum Gasteiger partial charge on any atom is -0.399 e. The lowest BCUT2D eigenvalue weighted by atomic mass is 10.2. The maximum absolute atomic E-state index is 12.2. The molecule has 0 saturated heterocycles. The third kappa shape index (κ3) is 3.79. The Kier molecular flexibility index (Phi) is 4.29. The molecular weight excluding hydrogens is 358 g/mol. The second-order valence-electron chi connectivity index (χ2n) is 4.36. The van der Waals surface area contributed by atoms with Gasteiger partial charge in [0, 0.05) is 23.7 Å². The molecule has 0 atom stereocenters. The number of nitrogens with one attached hydrogen (secondary N) is 1. The lowest BCUT2D eigenvalue weighted by Gasteiger charge is -2.08. The number of hydrogen-bond donors (Lipinski definition) is 2. The van der Waals surface area contributed by atoms with Crippen molar-refractivity contribution in [1.29, 1.82) is 0 Å². The largest absolute Gasteiger partial charge is 0.399 e. The first-order chi connectivity index (χ1) is 9.77. The Hall–Kier alpha value is -1.93. The van der Waals surface area contributed by atoms with E-state index in [-0.39, 0.29) is 16.1 Å². The standard InChI is InChI=1S/C13H12BrN3O3S/c1-21(19,20)10-6-8(5-9(15)7-10)13(18)17-11-3-2-4-16-12(11)14/h2-7H,15H2,1H3,(H,17,18). The van der Waals surface area contributed by atoms with E-state index in [1.165, 1.54) is 18.2 Å². The van der Waals surface area contributed by atoms with E-state index in [0.29, 0.717) is 10.3 Å². The van der Waals surface area contributed by atoms with Crippen molar-refractivity contribution in [2.75, 3.05) is 17.3 Å². The highest BCUT2D eigenvalue weighted by Crippen LogP contribution is 2.21. The molecule has 0 bridgehead atoms. The number of carbonyl (C=O) groups excluding carboxylic acids is 1. The molecule has 1 aromatic heterocycles. The number of halogens is 1. The summed E-state index contributed by atoms with van der Waals surface area (Å²) in [6.07, 6.45) is 2.63. The van der Waals surface area contributed by atoms with Crippen LogP contribution in [0.2, 0.25) is 0 Å². The van der Waals surface area contributed by atoms with Gasteiger partial charge in [-0.05, 0) is 46.3 Å². The number of nitrogens with two attached hydrogens (primary N) is 1. The zero-order chi connectivity index (χ0) is 15.6. The number of anilines is 2. The van der Waals surface area contributed by atoms with Gasteiger partial charge in [0.2, 0.25) is 0 Å². The maximum Gasteiger partial charge on any atom is 0.255 e. The van der Waals surface area contributed by atoms with E-state index < -0.39 is 15.7 Å². The van der Waals surface area contributed by atoms with Gasteiger partial charge < -0.3 is 11.1 Å². The van der Waals surface area contributed by atoms with Gasteiger partial charge in [-0.25, -0.2) is 13.4 Å². The molecule has 0 aliphatic rings. The van der Waals surface area contributed by atoms with Crippen molar-refractivity contribution in [2.45, 2.75) is 4.90 Å². The Morgan fingerprint density at radius 2 is 2.05 bits per heavy atom. The van der Waals surface area contributed by atoms with Gasteiger partial charge in [-0.2, -0.15) is 0 Å². The average molecular weight is 370 g/mol. The van der Waals surface area contributed by atoms with E-state index in [0.717, 1.165) is 6.26 Å². The van der Waals surface area contributed by atoms with E-state index in [2.05, 4.69) is 26.2 Å². The molecule has 0 unspecified atom stereocenters. The summed E-state index contributed by atoms with van der Waals surface area (Å²) in [5.41, 5.74) is 6.49. The minimum atomic E-state index is -3.44. The number of amides is 1. The third-order valence-corrected chi connectivity index (χ3v) is 4.35. The fourth-order valence-corrected chi connectivity index (χ4v) is 2.68. The number of sulfone groups is 1. The first-order valence-corrected chi connectivity index (χ1v) is 8.48. The molecule has 6 nitrogen and oxygen atoms in total. The third-order valence-electron chi connectivity index (χ3n) is 2.63. The first kappa shape index (κ1) is 15.5. The highest BCUT2D eigenvalue weighted by Gasteiger charge is 2.14. The van der Waals surface area contributed by atoms with Gasteiger partial charge in [0.05, 0.1) is 10.6 Å². The summed E-state index contributed by atoms with van der Waals surface area (Å²) in [6, 6.07) is 7.34. The van der Waals surface area contributed by atoms with Gasteiger partial charge in [-0.15, -0.1) is 0 Å². The van der Waals surface area contributed by atoms with Gasteiger partial charge in [0.1, 0.15) is 4.60 Å². The number of carbonyl (C=O) groups is 1. The number of pyridine rings is 1. The lowest BCUT2D eigenvalue weighted by molar-refractivity contribution is 0.102. The smallest absolute Gasteiger partial charge is 0.255 e.